The quantitative estimate of drug-likeness (QED) is 0.743. The van der Waals surface area contributed by atoms with Gasteiger partial charge in [-0.2, -0.15) is 0 Å². The molecule has 1 unspecified atom stereocenters. The minimum atomic E-state index is 0.822. The molecule has 2 fully saturated rings. The van der Waals surface area contributed by atoms with Crippen LogP contribution < -0.4 is 5.32 Å². The third-order valence-electron chi connectivity index (χ3n) is 5.22. The fourth-order valence-corrected chi connectivity index (χ4v) is 3.63. The van der Waals surface area contributed by atoms with Gasteiger partial charge in [0.05, 0.1) is 0 Å². The van der Waals surface area contributed by atoms with Crippen LogP contribution in [0.1, 0.15) is 64.7 Å². The van der Waals surface area contributed by atoms with Gasteiger partial charge in [-0.05, 0) is 44.1 Å². The molecule has 0 radical (unpaired) electrons. The van der Waals surface area contributed by atoms with Crippen molar-refractivity contribution < 1.29 is 0 Å². The lowest BCUT2D eigenvalue weighted by atomic mass is 9.73. The fourth-order valence-electron chi connectivity index (χ4n) is 3.63. The molecule has 0 heterocycles. The molecule has 1 N–H and O–H groups in total. The van der Waals surface area contributed by atoms with Crippen LogP contribution >= 0.6 is 0 Å². The molecule has 0 aromatic heterocycles. The molecule has 94 valence electrons. The molecule has 1 nitrogen and oxygen atoms in total. The zero-order chi connectivity index (χ0) is 11.4. The van der Waals surface area contributed by atoms with Gasteiger partial charge >= 0.3 is 0 Å². The maximum absolute atomic E-state index is 3.60. The van der Waals surface area contributed by atoms with Gasteiger partial charge in [0.25, 0.3) is 0 Å². The van der Waals surface area contributed by atoms with Crippen molar-refractivity contribution in [3.8, 4) is 0 Å². The van der Waals surface area contributed by atoms with Crippen LogP contribution in [0.4, 0.5) is 0 Å². The van der Waals surface area contributed by atoms with E-state index in [2.05, 4.69) is 19.3 Å². The molecule has 0 aromatic carbocycles. The van der Waals surface area contributed by atoms with E-state index >= 15 is 0 Å². The van der Waals surface area contributed by atoms with E-state index in [0.29, 0.717) is 0 Å². The van der Waals surface area contributed by atoms with Crippen LogP contribution in [-0.4, -0.2) is 13.1 Å². The first kappa shape index (κ1) is 12.4. The van der Waals surface area contributed by atoms with E-state index in [0.717, 1.165) is 23.8 Å². The maximum atomic E-state index is 3.60. The van der Waals surface area contributed by atoms with Crippen molar-refractivity contribution in [2.75, 3.05) is 7.05 Å². The summed E-state index contributed by atoms with van der Waals surface area (Å²) >= 11 is 0. The Morgan fingerprint density at radius 1 is 1.00 bits per heavy atom. The summed E-state index contributed by atoms with van der Waals surface area (Å²) in [6, 6.07) is 0.822. The fraction of sp³-hybridized carbons (Fsp3) is 1.00. The van der Waals surface area contributed by atoms with E-state index in [9.17, 15) is 0 Å². The first-order chi connectivity index (χ1) is 7.83. The molecule has 16 heavy (non-hydrogen) atoms. The van der Waals surface area contributed by atoms with Gasteiger partial charge in [0.1, 0.15) is 0 Å². The molecule has 2 saturated carbocycles. The van der Waals surface area contributed by atoms with Gasteiger partial charge in [-0.1, -0.05) is 45.4 Å². The lowest BCUT2D eigenvalue weighted by Gasteiger charge is -2.37. The van der Waals surface area contributed by atoms with Crippen molar-refractivity contribution in [3.05, 3.63) is 0 Å². The maximum Gasteiger partial charge on any atom is 0.00949 e. The summed E-state index contributed by atoms with van der Waals surface area (Å²) in [6.07, 6.45) is 13.3. The van der Waals surface area contributed by atoms with Gasteiger partial charge < -0.3 is 5.32 Å². The highest BCUT2D eigenvalue weighted by molar-refractivity contribution is 4.84. The average molecular weight is 223 g/mol. The molecular weight excluding hydrogens is 194 g/mol. The van der Waals surface area contributed by atoms with Crippen molar-refractivity contribution >= 4 is 0 Å². The van der Waals surface area contributed by atoms with Crippen molar-refractivity contribution in [3.63, 3.8) is 0 Å². The van der Waals surface area contributed by atoms with Gasteiger partial charge in [-0.15, -0.1) is 0 Å². The summed E-state index contributed by atoms with van der Waals surface area (Å²) in [4.78, 5) is 0. The molecule has 1 heteroatoms. The SMILES string of the molecule is CCC1CCC(C(CC2CCC2)NC)CC1. The highest BCUT2D eigenvalue weighted by atomic mass is 14.9. The van der Waals surface area contributed by atoms with Crippen molar-refractivity contribution in [2.24, 2.45) is 17.8 Å². The first-order valence-electron chi connectivity index (χ1n) is 7.50. The second kappa shape index (κ2) is 6.05. The lowest BCUT2D eigenvalue weighted by Crippen LogP contribution is -2.38. The van der Waals surface area contributed by atoms with Gasteiger partial charge in [0, 0.05) is 6.04 Å². The second-order valence-electron chi connectivity index (χ2n) is 6.12. The van der Waals surface area contributed by atoms with Crippen LogP contribution in [0.2, 0.25) is 0 Å². The summed E-state index contributed by atoms with van der Waals surface area (Å²) in [6.45, 7) is 2.36. The largest absolute Gasteiger partial charge is 0.317 e. The van der Waals surface area contributed by atoms with E-state index in [1.165, 1.54) is 57.8 Å². The van der Waals surface area contributed by atoms with Crippen molar-refractivity contribution in [1.29, 1.82) is 0 Å². The van der Waals surface area contributed by atoms with E-state index in [1.807, 2.05) is 0 Å². The minimum Gasteiger partial charge on any atom is -0.317 e. The molecule has 0 spiro atoms. The number of hydrogen-bond donors (Lipinski definition) is 1. The molecule has 2 rings (SSSR count). The van der Waals surface area contributed by atoms with Gasteiger partial charge in [0.2, 0.25) is 0 Å². The Labute approximate surface area is 101 Å². The van der Waals surface area contributed by atoms with Crippen LogP contribution in [0, 0.1) is 17.8 Å². The van der Waals surface area contributed by atoms with Crippen LogP contribution in [0.3, 0.4) is 0 Å². The Kier molecular flexibility index (Phi) is 4.69. The zero-order valence-electron chi connectivity index (χ0n) is 11.2. The summed E-state index contributed by atoms with van der Waals surface area (Å²) in [7, 11) is 2.18. The highest BCUT2D eigenvalue weighted by Crippen LogP contribution is 2.37. The van der Waals surface area contributed by atoms with Gasteiger partial charge in [-0.3, -0.25) is 0 Å². The Morgan fingerprint density at radius 2 is 1.69 bits per heavy atom. The standard InChI is InChI=1S/C15H29N/c1-3-12-7-9-14(10-8-12)15(16-2)11-13-5-4-6-13/h12-16H,3-11H2,1-2H3. The third kappa shape index (κ3) is 3.00. The summed E-state index contributed by atoms with van der Waals surface area (Å²) in [5, 5.41) is 3.60. The number of rotatable bonds is 5. The summed E-state index contributed by atoms with van der Waals surface area (Å²) in [5.74, 6) is 3.08. The first-order valence-corrected chi connectivity index (χ1v) is 7.50. The molecule has 0 bridgehead atoms. The average Bonchev–Trinajstić information content (AvgIpc) is 2.28. The van der Waals surface area contributed by atoms with E-state index in [-0.39, 0.29) is 0 Å². The molecule has 0 saturated heterocycles. The van der Waals surface area contributed by atoms with E-state index in [1.54, 1.807) is 0 Å². The smallest absolute Gasteiger partial charge is 0.00949 e. The highest BCUT2D eigenvalue weighted by Gasteiger charge is 2.29. The van der Waals surface area contributed by atoms with Gasteiger partial charge in [0.15, 0.2) is 0 Å². The van der Waals surface area contributed by atoms with Crippen LogP contribution in [0.5, 0.6) is 0 Å². The third-order valence-corrected chi connectivity index (χ3v) is 5.22. The molecule has 0 aromatic rings. The monoisotopic (exact) mass is 223 g/mol. The normalized spacial score (nSPS) is 33.4. The topological polar surface area (TPSA) is 12.0 Å². The molecule has 0 aliphatic heterocycles. The molecule has 0 amide bonds. The number of hydrogen-bond acceptors (Lipinski definition) is 1. The Hall–Kier alpha value is -0.0400. The lowest BCUT2D eigenvalue weighted by molar-refractivity contribution is 0.177. The van der Waals surface area contributed by atoms with Crippen molar-refractivity contribution in [1.82, 2.24) is 5.32 Å². The van der Waals surface area contributed by atoms with Crippen LogP contribution in [-0.2, 0) is 0 Å². The summed E-state index contributed by atoms with van der Waals surface area (Å²) in [5.41, 5.74) is 0. The number of nitrogens with one attached hydrogen (secondary N) is 1. The van der Waals surface area contributed by atoms with Crippen LogP contribution in [0.15, 0.2) is 0 Å². The second-order valence-corrected chi connectivity index (χ2v) is 6.12. The molecule has 2 aliphatic carbocycles. The zero-order valence-corrected chi connectivity index (χ0v) is 11.2. The van der Waals surface area contributed by atoms with E-state index in [4.69, 9.17) is 0 Å². The van der Waals surface area contributed by atoms with E-state index < -0.39 is 0 Å². The van der Waals surface area contributed by atoms with Gasteiger partial charge in [-0.25, -0.2) is 0 Å². The predicted molar refractivity (Wildman–Crippen MR) is 70.5 cm³/mol. The van der Waals surface area contributed by atoms with Crippen LogP contribution in [0.25, 0.3) is 0 Å². The predicted octanol–water partition coefficient (Wildman–Crippen LogP) is 3.98. The molecule has 1 atom stereocenters. The Balaban J connectivity index is 1.75. The molecular formula is C15H29N. The Bertz CT molecular complexity index is 190. The Morgan fingerprint density at radius 3 is 2.12 bits per heavy atom. The van der Waals surface area contributed by atoms with Crippen molar-refractivity contribution in [2.45, 2.75) is 70.8 Å². The molecule has 2 aliphatic rings. The minimum absolute atomic E-state index is 0.822. The summed E-state index contributed by atoms with van der Waals surface area (Å²) < 4.78 is 0.